The highest BCUT2D eigenvalue weighted by atomic mass is 35.5. The van der Waals surface area contributed by atoms with Gasteiger partial charge in [-0.1, -0.05) is 38.3 Å². The maximum Gasteiger partial charge on any atom is 0.165 e. The number of fused-ring (bicyclic) bond motifs is 1. The van der Waals surface area contributed by atoms with Gasteiger partial charge in [0.15, 0.2) is 5.65 Å². The Morgan fingerprint density at radius 2 is 2.17 bits per heavy atom. The van der Waals surface area contributed by atoms with Gasteiger partial charge in [-0.05, 0) is 18.3 Å². The summed E-state index contributed by atoms with van der Waals surface area (Å²) in [7, 11) is 0. The van der Waals surface area contributed by atoms with Gasteiger partial charge in [0.1, 0.15) is 17.3 Å². The molecule has 0 bridgehead atoms. The van der Waals surface area contributed by atoms with E-state index in [9.17, 15) is 0 Å². The van der Waals surface area contributed by atoms with Crippen LogP contribution in [0.5, 0.6) is 0 Å². The quantitative estimate of drug-likeness (QED) is 0.741. The highest BCUT2D eigenvalue weighted by molar-refractivity contribution is 6.29. The van der Waals surface area contributed by atoms with E-state index >= 15 is 0 Å². The third kappa shape index (κ3) is 1.88. The highest BCUT2D eigenvalue weighted by Crippen LogP contribution is 2.46. The minimum absolute atomic E-state index is 0.279. The van der Waals surface area contributed by atoms with Gasteiger partial charge in [-0.2, -0.15) is 0 Å². The summed E-state index contributed by atoms with van der Waals surface area (Å²) in [5, 5.41) is 9.04. The summed E-state index contributed by atoms with van der Waals surface area (Å²) in [4.78, 5) is 4.13. The fourth-order valence-electron chi connectivity index (χ4n) is 3.00. The van der Waals surface area contributed by atoms with Crippen LogP contribution in [0.2, 0.25) is 5.15 Å². The lowest BCUT2D eigenvalue weighted by Gasteiger charge is -2.37. The largest absolute Gasteiger partial charge is 0.269 e. The van der Waals surface area contributed by atoms with Crippen molar-refractivity contribution < 1.29 is 0 Å². The number of hydrogen-bond acceptors (Lipinski definition) is 3. The van der Waals surface area contributed by atoms with Crippen molar-refractivity contribution in [2.75, 3.05) is 0 Å². The predicted molar refractivity (Wildman–Crippen MR) is 70.8 cm³/mol. The molecule has 0 N–H and O–H groups in total. The lowest BCUT2D eigenvalue weighted by Crippen LogP contribution is -2.27. The molecule has 1 aliphatic carbocycles. The average Bonchev–Trinajstić information content (AvgIpc) is 2.71. The maximum atomic E-state index is 5.88. The summed E-state index contributed by atoms with van der Waals surface area (Å²) in [5.41, 5.74) is 1.06. The second-order valence-electron chi connectivity index (χ2n) is 5.78. The minimum atomic E-state index is 0.279. The molecule has 5 heteroatoms. The Bertz CT molecular complexity index is 575. The molecule has 0 amide bonds. The maximum absolute atomic E-state index is 5.88. The SMILES string of the molecule is CC1(C)CCCCC1c1nnc2cc(Cl)ncn12. The first-order valence-electron chi connectivity index (χ1n) is 6.44. The fraction of sp³-hybridized carbons (Fsp3) is 0.615. The summed E-state index contributed by atoms with van der Waals surface area (Å²) < 4.78 is 1.98. The third-order valence-corrected chi connectivity index (χ3v) is 4.32. The predicted octanol–water partition coefficient (Wildman–Crippen LogP) is 3.46. The van der Waals surface area contributed by atoms with Crippen molar-refractivity contribution in [1.29, 1.82) is 0 Å². The van der Waals surface area contributed by atoms with Crippen LogP contribution in [-0.4, -0.2) is 19.6 Å². The second kappa shape index (κ2) is 4.19. The highest BCUT2D eigenvalue weighted by Gasteiger charge is 2.36. The van der Waals surface area contributed by atoms with Crippen molar-refractivity contribution in [2.24, 2.45) is 5.41 Å². The zero-order chi connectivity index (χ0) is 12.8. The molecule has 1 atom stereocenters. The van der Waals surface area contributed by atoms with Gasteiger partial charge in [-0.3, -0.25) is 4.40 Å². The Balaban J connectivity index is 2.08. The molecule has 2 heterocycles. The van der Waals surface area contributed by atoms with Crippen LogP contribution >= 0.6 is 11.6 Å². The van der Waals surface area contributed by atoms with Gasteiger partial charge < -0.3 is 0 Å². The monoisotopic (exact) mass is 264 g/mol. The first-order valence-corrected chi connectivity index (χ1v) is 6.82. The summed E-state index contributed by atoms with van der Waals surface area (Å²) in [6.07, 6.45) is 6.73. The van der Waals surface area contributed by atoms with Gasteiger partial charge >= 0.3 is 0 Å². The second-order valence-corrected chi connectivity index (χ2v) is 6.17. The van der Waals surface area contributed by atoms with Crippen LogP contribution in [0.4, 0.5) is 0 Å². The Morgan fingerprint density at radius 1 is 1.33 bits per heavy atom. The molecule has 0 saturated heterocycles. The molecule has 96 valence electrons. The van der Waals surface area contributed by atoms with Gasteiger partial charge in [0.25, 0.3) is 0 Å². The number of halogens is 1. The van der Waals surface area contributed by atoms with E-state index in [1.165, 1.54) is 25.7 Å². The van der Waals surface area contributed by atoms with Crippen LogP contribution in [0.3, 0.4) is 0 Å². The van der Waals surface area contributed by atoms with E-state index < -0.39 is 0 Å². The normalized spacial score (nSPS) is 23.4. The molecule has 3 rings (SSSR count). The summed E-state index contributed by atoms with van der Waals surface area (Å²) in [5.74, 6) is 1.48. The van der Waals surface area contributed by atoms with E-state index in [0.29, 0.717) is 11.1 Å². The summed E-state index contributed by atoms with van der Waals surface area (Å²) in [6, 6.07) is 1.76. The van der Waals surface area contributed by atoms with Crippen molar-refractivity contribution in [3.63, 3.8) is 0 Å². The lowest BCUT2D eigenvalue weighted by molar-refractivity contribution is 0.191. The number of hydrogen-bond donors (Lipinski definition) is 0. The summed E-state index contributed by atoms with van der Waals surface area (Å²) in [6.45, 7) is 4.64. The van der Waals surface area contributed by atoms with Crippen LogP contribution in [-0.2, 0) is 0 Å². The molecule has 0 radical (unpaired) electrons. The van der Waals surface area contributed by atoms with Gasteiger partial charge in [-0.25, -0.2) is 4.98 Å². The zero-order valence-corrected chi connectivity index (χ0v) is 11.5. The molecular formula is C13H17ClN4. The molecule has 18 heavy (non-hydrogen) atoms. The van der Waals surface area contributed by atoms with Gasteiger partial charge in [0.05, 0.1) is 0 Å². The molecule has 1 saturated carbocycles. The van der Waals surface area contributed by atoms with Gasteiger partial charge in [0.2, 0.25) is 0 Å². The Kier molecular flexibility index (Phi) is 2.77. The lowest BCUT2D eigenvalue weighted by atomic mass is 9.68. The molecule has 1 fully saturated rings. The fourth-order valence-corrected chi connectivity index (χ4v) is 3.14. The van der Waals surface area contributed by atoms with Gasteiger partial charge in [-0.15, -0.1) is 10.2 Å². The van der Waals surface area contributed by atoms with Crippen molar-refractivity contribution in [3.8, 4) is 0 Å². The van der Waals surface area contributed by atoms with Crippen LogP contribution in [0.1, 0.15) is 51.3 Å². The molecule has 2 aromatic heterocycles. The molecular weight excluding hydrogens is 248 g/mol. The molecule has 0 spiro atoms. The Labute approximate surface area is 111 Å². The van der Waals surface area contributed by atoms with E-state index in [1.807, 2.05) is 4.40 Å². The first kappa shape index (κ1) is 11.9. The van der Waals surface area contributed by atoms with Crippen LogP contribution in [0, 0.1) is 5.41 Å². The molecule has 0 aliphatic heterocycles. The Hall–Kier alpha value is -1.16. The first-order chi connectivity index (χ1) is 8.58. The van der Waals surface area contributed by atoms with Crippen LogP contribution in [0.15, 0.2) is 12.4 Å². The molecule has 1 aliphatic rings. The Morgan fingerprint density at radius 3 is 2.94 bits per heavy atom. The van der Waals surface area contributed by atoms with Crippen molar-refractivity contribution in [2.45, 2.75) is 45.4 Å². The smallest absolute Gasteiger partial charge is 0.165 e. The summed E-state index contributed by atoms with van der Waals surface area (Å²) >= 11 is 5.88. The minimum Gasteiger partial charge on any atom is -0.269 e. The average molecular weight is 265 g/mol. The molecule has 1 unspecified atom stereocenters. The molecule has 4 nitrogen and oxygen atoms in total. The van der Waals surface area contributed by atoms with Gasteiger partial charge in [0, 0.05) is 12.0 Å². The van der Waals surface area contributed by atoms with E-state index in [0.717, 1.165) is 11.5 Å². The van der Waals surface area contributed by atoms with Crippen molar-refractivity contribution in [1.82, 2.24) is 19.6 Å². The van der Waals surface area contributed by atoms with E-state index in [1.54, 1.807) is 12.4 Å². The molecule has 2 aromatic rings. The topological polar surface area (TPSA) is 43.1 Å². The van der Waals surface area contributed by atoms with E-state index in [-0.39, 0.29) is 5.41 Å². The van der Waals surface area contributed by atoms with E-state index in [4.69, 9.17) is 11.6 Å². The molecule has 0 aromatic carbocycles. The van der Waals surface area contributed by atoms with Crippen molar-refractivity contribution >= 4 is 17.2 Å². The number of rotatable bonds is 1. The van der Waals surface area contributed by atoms with Crippen LogP contribution in [0.25, 0.3) is 5.65 Å². The standard InChI is InChI=1S/C13H17ClN4/c1-13(2)6-4-3-5-9(13)12-17-16-11-7-10(14)15-8-18(11)12/h7-9H,3-6H2,1-2H3. The number of aromatic nitrogens is 4. The number of nitrogens with zero attached hydrogens (tertiary/aromatic N) is 4. The van der Waals surface area contributed by atoms with Crippen molar-refractivity contribution in [3.05, 3.63) is 23.4 Å². The van der Waals surface area contributed by atoms with Crippen LogP contribution < -0.4 is 0 Å². The van der Waals surface area contributed by atoms with E-state index in [2.05, 4.69) is 29.0 Å². The third-order valence-electron chi connectivity index (χ3n) is 4.11. The zero-order valence-electron chi connectivity index (χ0n) is 10.7.